The lowest BCUT2D eigenvalue weighted by Gasteiger charge is -2.35. The van der Waals surface area contributed by atoms with Gasteiger partial charge in [-0.3, -0.25) is 0 Å². The van der Waals surface area contributed by atoms with Gasteiger partial charge >= 0.3 is 0 Å². The lowest BCUT2D eigenvalue weighted by atomic mass is 9.78. The largest absolute Gasteiger partial charge is 0.309 e. The van der Waals surface area contributed by atoms with Gasteiger partial charge in [-0.1, -0.05) is 20.3 Å². The van der Waals surface area contributed by atoms with Crippen LogP contribution < -0.4 is 5.32 Å². The molecule has 0 radical (unpaired) electrons. The number of hydrogen-bond acceptors (Lipinski definition) is 1. The van der Waals surface area contributed by atoms with Gasteiger partial charge in [0.2, 0.25) is 0 Å². The van der Waals surface area contributed by atoms with Crippen LogP contribution in [0.3, 0.4) is 0 Å². The van der Waals surface area contributed by atoms with E-state index in [2.05, 4.69) is 19.2 Å². The highest BCUT2D eigenvalue weighted by Gasteiger charge is 2.27. The first-order valence-corrected chi connectivity index (χ1v) is 6.75. The van der Waals surface area contributed by atoms with Crippen LogP contribution in [-0.4, -0.2) is 6.04 Å². The molecule has 18 heavy (non-hydrogen) atoms. The molecule has 1 fully saturated rings. The standard InChI is InChI=1S/C15H21F2N/c1-10-4-3-5-11(2)15(10)18-9-12-8-13(16)6-7-14(12)17/h6-8,10-11,15,18H,3-5,9H2,1-2H3. The van der Waals surface area contributed by atoms with E-state index >= 15 is 0 Å². The number of benzene rings is 1. The van der Waals surface area contributed by atoms with Gasteiger partial charge in [0.1, 0.15) is 11.6 Å². The Morgan fingerprint density at radius 2 is 1.83 bits per heavy atom. The summed E-state index contributed by atoms with van der Waals surface area (Å²) < 4.78 is 26.6. The maximum Gasteiger partial charge on any atom is 0.127 e. The van der Waals surface area contributed by atoms with Gasteiger partial charge < -0.3 is 5.32 Å². The van der Waals surface area contributed by atoms with Crippen molar-refractivity contribution >= 4 is 0 Å². The highest BCUT2D eigenvalue weighted by molar-refractivity contribution is 5.18. The smallest absolute Gasteiger partial charge is 0.127 e. The van der Waals surface area contributed by atoms with Crippen LogP contribution in [0.15, 0.2) is 18.2 Å². The van der Waals surface area contributed by atoms with E-state index in [0.717, 1.165) is 6.07 Å². The highest BCUT2D eigenvalue weighted by Crippen LogP contribution is 2.29. The summed E-state index contributed by atoms with van der Waals surface area (Å²) in [5.74, 6) is 0.494. The summed E-state index contributed by atoms with van der Waals surface area (Å²) in [6.07, 6.45) is 3.70. The third-order valence-electron chi connectivity index (χ3n) is 4.08. The lowest BCUT2D eigenvalue weighted by molar-refractivity contribution is 0.207. The summed E-state index contributed by atoms with van der Waals surface area (Å²) in [6.45, 7) is 4.87. The van der Waals surface area contributed by atoms with Crippen molar-refractivity contribution in [3.63, 3.8) is 0 Å². The molecule has 1 aromatic rings. The van der Waals surface area contributed by atoms with Gasteiger partial charge in [0.05, 0.1) is 0 Å². The molecule has 0 heterocycles. The van der Waals surface area contributed by atoms with Gasteiger partial charge in [0, 0.05) is 18.2 Å². The van der Waals surface area contributed by atoms with Crippen molar-refractivity contribution in [2.24, 2.45) is 11.8 Å². The van der Waals surface area contributed by atoms with E-state index in [4.69, 9.17) is 0 Å². The summed E-state index contributed by atoms with van der Waals surface area (Å²) in [5.41, 5.74) is 0.417. The Bertz CT molecular complexity index is 395. The SMILES string of the molecule is CC1CCCC(C)C1NCc1cc(F)ccc1F. The van der Waals surface area contributed by atoms with Gasteiger partial charge in [-0.2, -0.15) is 0 Å². The fraction of sp³-hybridized carbons (Fsp3) is 0.600. The molecule has 2 unspecified atom stereocenters. The minimum atomic E-state index is -0.377. The monoisotopic (exact) mass is 253 g/mol. The molecule has 0 saturated heterocycles. The Labute approximate surface area is 108 Å². The molecule has 2 atom stereocenters. The minimum Gasteiger partial charge on any atom is -0.309 e. The van der Waals surface area contributed by atoms with Crippen LogP contribution in [0.25, 0.3) is 0 Å². The first-order chi connectivity index (χ1) is 8.58. The first kappa shape index (κ1) is 13.5. The molecule has 0 amide bonds. The zero-order valence-corrected chi connectivity index (χ0v) is 11.0. The molecule has 1 aliphatic rings. The van der Waals surface area contributed by atoms with Crippen molar-refractivity contribution in [1.29, 1.82) is 0 Å². The summed E-state index contributed by atoms with van der Waals surface area (Å²) >= 11 is 0. The quantitative estimate of drug-likeness (QED) is 0.862. The molecule has 1 nitrogen and oxygen atoms in total. The van der Waals surface area contributed by atoms with E-state index in [0.29, 0.717) is 30.0 Å². The van der Waals surface area contributed by atoms with Gasteiger partial charge in [-0.05, 0) is 42.9 Å². The van der Waals surface area contributed by atoms with E-state index in [1.807, 2.05) is 0 Å². The predicted octanol–water partition coefficient (Wildman–Crippen LogP) is 3.88. The summed E-state index contributed by atoms with van der Waals surface area (Å²) in [5, 5.41) is 3.40. The Hall–Kier alpha value is -0.960. The Morgan fingerprint density at radius 1 is 1.17 bits per heavy atom. The average Bonchev–Trinajstić information content (AvgIpc) is 2.33. The molecule has 0 bridgehead atoms. The average molecular weight is 253 g/mol. The number of nitrogens with one attached hydrogen (secondary N) is 1. The molecule has 3 heteroatoms. The molecular weight excluding hydrogens is 232 g/mol. The second kappa shape index (κ2) is 5.79. The van der Waals surface area contributed by atoms with Crippen molar-refractivity contribution in [3.8, 4) is 0 Å². The Balaban J connectivity index is 1.99. The molecule has 1 N–H and O–H groups in total. The van der Waals surface area contributed by atoms with Crippen LogP contribution in [0.4, 0.5) is 8.78 Å². The van der Waals surface area contributed by atoms with Gasteiger partial charge in [0.15, 0.2) is 0 Å². The van der Waals surface area contributed by atoms with Crippen LogP contribution in [-0.2, 0) is 6.54 Å². The van der Waals surface area contributed by atoms with Crippen molar-refractivity contribution in [1.82, 2.24) is 5.32 Å². The minimum absolute atomic E-state index is 0.333. The molecule has 100 valence electrons. The molecule has 1 saturated carbocycles. The van der Waals surface area contributed by atoms with Gasteiger partial charge in [-0.15, -0.1) is 0 Å². The number of rotatable bonds is 3. The Morgan fingerprint density at radius 3 is 2.50 bits per heavy atom. The third kappa shape index (κ3) is 3.08. The predicted molar refractivity (Wildman–Crippen MR) is 69.2 cm³/mol. The normalized spacial score (nSPS) is 28.3. The maximum absolute atomic E-state index is 13.5. The number of hydrogen-bond donors (Lipinski definition) is 1. The fourth-order valence-corrected chi connectivity index (χ4v) is 2.99. The molecule has 1 aromatic carbocycles. The van der Waals surface area contributed by atoms with Gasteiger partial charge in [-0.25, -0.2) is 8.78 Å². The summed E-state index contributed by atoms with van der Waals surface area (Å²) in [6, 6.07) is 4.03. The first-order valence-electron chi connectivity index (χ1n) is 6.75. The van der Waals surface area contributed by atoms with Crippen LogP contribution >= 0.6 is 0 Å². The van der Waals surface area contributed by atoms with E-state index in [9.17, 15) is 8.78 Å². The van der Waals surface area contributed by atoms with Crippen molar-refractivity contribution in [3.05, 3.63) is 35.4 Å². The van der Waals surface area contributed by atoms with Crippen molar-refractivity contribution < 1.29 is 8.78 Å². The summed E-state index contributed by atoms with van der Waals surface area (Å²) in [7, 11) is 0. The maximum atomic E-state index is 13.5. The second-order valence-electron chi connectivity index (χ2n) is 5.53. The van der Waals surface area contributed by atoms with E-state index < -0.39 is 0 Å². The van der Waals surface area contributed by atoms with Crippen molar-refractivity contribution in [2.75, 3.05) is 0 Å². The van der Waals surface area contributed by atoms with Crippen molar-refractivity contribution in [2.45, 2.75) is 45.7 Å². The molecule has 0 spiro atoms. The van der Waals surface area contributed by atoms with Gasteiger partial charge in [0.25, 0.3) is 0 Å². The van der Waals surface area contributed by atoms with Crippen LogP contribution in [0.5, 0.6) is 0 Å². The third-order valence-corrected chi connectivity index (χ3v) is 4.08. The second-order valence-corrected chi connectivity index (χ2v) is 5.53. The fourth-order valence-electron chi connectivity index (χ4n) is 2.99. The zero-order chi connectivity index (χ0) is 13.1. The van der Waals surface area contributed by atoms with Crippen LogP contribution in [0.2, 0.25) is 0 Å². The van der Waals surface area contributed by atoms with E-state index in [-0.39, 0.29) is 11.6 Å². The zero-order valence-electron chi connectivity index (χ0n) is 11.0. The van der Waals surface area contributed by atoms with E-state index in [1.165, 1.54) is 31.4 Å². The van der Waals surface area contributed by atoms with Crippen LogP contribution in [0, 0.1) is 23.5 Å². The lowest BCUT2D eigenvalue weighted by Crippen LogP contribution is -2.42. The van der Waals surface area contributed by atoms with Crippen LogP contribution in [0.1, 0.15) is 38.7 Å². The number of halogens is 2. The molecule has 1 aliphatic carbocycles. The molecule has 0 aliphatic heterocycles. The molecule has 2 rings (SSSR count). The molecule has 0 aromatic heterocycles. The summed E-state index contributed by atoms with van der Waals surface area (Å²) in [4.78, 5) is 0. The highest BCUT2D eigenvalue weighted by atomic mass is 19.1. The Kier molecular flexibility index (Phi) is 4.33. The van der Waals surface area contributed by atoms with E-state index in [1.54, 1.807) is 0 Å². The topological polar surface area (TPSA) is 12.0 Å². The molecular formula is C15H21F2N.